The molecule has 0 amide bonds. The molecular formula is C13H18N2. The molecule has 2 heteroatoms. The van der Waals surface area contributed by atoms with Crippen molar-refractivity contribution in [2.75, 3.05) is 19.6 Å². The lowest BCUT2D eigenvalue weighted by Gasteiger charge is -2.16. The van der Waals surface area contributed by atoms with Crippen molar-refractivity contribution in [3.8, 4) is 0 Å². The number of hydrogen-bond donors (Lipinski definition) is 0. The molecule has 1 aliphatic heterocycles. The summed E-state index contributed by atoms with van der Waals surface area (Å²) < 4.78 is 0. The lowest BCUT2D eigenvalue weighted by Crippen LogP contribution is -2.21. The highest BCUT2D eigenvalue weighted by Crippen LogP contribution is 2.15. The summed E-state index contributed by atoms with van der Waals surface area (Å²) in [5.41, 5.74) is 3.44. The molecule has 0 N–H and O–H groups in total. The standard InChI is InChI=1S/C13H18N2/c1-11-5-6-14-13(9-11)12(2)10-15-7-3-4-8-15/h5-6,9H,2-4,7-8,10H2,1H3. The van der Waals surface area contributed by atoms with Crippen LogP contribution in [0.25, 0.3) is 5.57 Å². The van der Waals surface area contributed by atoms with Gasteiger partial charge in [0.25, 0.3) is 0 Å². The molecule has 2 nitrogen and oxygen atoms in total. The van der Waals surface area contributed by atoms with Gasteiger partial charge >= 0.3 is 0 Å². The van der Waals surface area contributed by atoms with Gasteiger partial charge in [-0.1, -0.05) is 6.58 Å². The molecular weight excluding hydrogens is 184 g/mol. The van der Waals surface area contributed by atoms with Crippen molar-refractivity contribution in [1.82, 2.24) is 9.88 Å². The summed E-state index contributed by atoms with van der Waals surface area (Å²) in [6.45, 7) is 9.61. The first-order valence-electron chi connectivity index (χ1n) is 5.59. The van der Waals surface area contributed by atoms with E-state index in [4.69, 9.17) is 0 Å². The van der Waals surface area contributed by atoms with E-state index in [0.717, 1.165) is 17.8 Å². The zero-order chi connectivity index (χ0) is 10.7. The van der Waals surface area contributed by atoms with E-state index < -0.39 is 0 Å². The Labute approximate surface area is 91.6 Å². The van der Waals surface area contributed by atoms with Crippen LogP contribution in [0.2, 0.25) is 0 Å². The van der Waals surface area contributed by atoms with Gasteiger partial charge in [0.15, 0.2) is 0 Å². The van der Waals surface area contributed by atoms with E-state index in [9.17, 15) is 0 Å². The van der Waals surface area contributed by atoms with Gasteiger partial charge < -0.3 is 0 Å². The van der Waals surface area contributed by atoms with Gasteiger partial charge in [-0.3, -0.25) is 9.88 Å². The quantitative estimate of drug-likeness (QED) is 0.748. The lowest BCUT2D eigenvalue weighted by molar-refractivity contribution is 0.382. The largest absolute Gasteiger partial charge is 0.299 e. The Morgan fingerprint density at radius 1 is 1.47 bits per heavy atom. The Morgan fingerprint density at radius 2 is 2.20 bits per heavy atom. The van der Waals surface area contributed by atoms with Crippen LogP contribution in [0.5, 0.6) is 0 Å². The second-order valence-corrected chi connectivity index (χ2v) is 4.31. The van der Waals surface area contributed by atoms with Crippen molar-refractivity contribution in [2.45, 2.75) is 19.8 Å². The van der Waals surface area contributed by atoms with E-state index in [0.29, 0.717) is 0 Å². The topological polar surface area (TPSA) is 16.1 Å². The summed E-state index contributed by atoms with van der Waals surface area (Å²) in [6.07, 6.45) is 4.52. The summed E-state index contributed by atoms with van der Waals surface area (Å²) in [7, 11) is 0. The average Bonchev–Trinajstić information content (AvgIpc) is 2.70. The van der Waals surface area contributed by atoms with Gasteiger partial charge in [-0.25, -0.2) is 0 Å². The SMILES string of the molecule is C=C(CN1CCCC1)c1cc(C)ccn1. The molecule has 15 heavy (non-hydrogen) atoms. The number of likely N-dealkylation sites (tertiary alicyclic amines) is 1. The van der Waals surface area contributed by atoms with Crippen molar-refractivity contribution in [2.24, 2.45) is 0 Å². The molecule has 1 aromatic heterocycles. The molecule has 0 atom stereocenters. The Balaban J connectivity index is 2.01. The van der Waals surface area contributed by atoms with Crippen molar-refractivity contribution in [3.63, 3.8) is 0 Å². The minimum Gasteiger partial charge on any atom is -0.299 e. The maximum absolute atomic E-state index is 4.36. The van der Waals surface area contributed by atoms with E-state index in [1.807, 2.05) is 12.3 Å². The molecule has 1 aromatic rings. The summed E-state index contributed by atoms with van der Waals surface area (Å²) in [6, 6.07) is 4.13. The molecule has 0 radical (unpaired) electrons. The number of aryl methyl sites for hydroxylation is 1. The monoisotopic (exact) mass is 202 g/mol. The minimum atomic E-state index is 0.969. The molecule has 1 saturated heterocycles. The first kappa shape index (κ1) is 10.4. The minimum absolute atomic E-state index is 0.969. The third-order valence-electron chi connectivity index (χ3n) is 2.89. The van der Waals surface area contributed by atoms with Crippen LogP contribution in [-0.4, -0.2) is 29.5 Å². The molecule has 0 spiro atoms. The molecule has 1 fully saturated rings. The third kappa shape index (κ3) is 2.66. The zero-order valence-corrected chi connectivity index (χ0v) is 9.37. The van der Waals surface area contributed by atoms with Crippen LogP contribution >= 0.6 is 0 Å². The summed E-state index contributed by atoms with van der Waals surface area (Å²) in [4.78, 5) is 6.81. The second kappa shape index (κ2) is 4.58. The van der Waals surface area contributed by atoms with Gasteiger partial charge in [0.05, 0.1) is 5.69 Å². The Bertz CT molecular complexity index is 351. The maximum Gasteiger partial charge on any atom is 0.0671 e. The Hall–Kier alpha value is -1.15. The van der Waals surface area contributed by atoms with Crippen LogP contribution < -0.4 is 0 Å². The van der Waals surface area contributed by atoms with E-state index >= 15 is 0 Å². The van der Waals surface area contributed by atoms with Crippen LogP contribution in [0.4, 0.5) is 0 Å². The normalized spacial score (nSPS) is 16.9. The summed E-state index contributed by atoms with van der Waals surface area (Å²) in [5.74, 6) is 0. The van der Waals surface area contributed by atoms with E-state index in [-0.39, 0.29) is 0 Å². The second-order valence-electron chi connectivity index (χ2n) is 4.31. The number of hydrogen-bond acceptors (Lipinski definition) is 2. The number of nitrogens with zero attached hydrogens (tertiary/aromatic N) is 2. The molecule has 0 saturated carbocycles. The molecule has 1 aliphatic rings. The lowest BCUT2D eigenvalue weighted by atomic mass is 10.1. The zero-order valence-electron chi connectivity index (χ0n) is 9.37. The van der Waals surface area contributed by atoms with Crippen molar-refractivity contribution < 1.29 is 0 Å². The molecule has 0 aromatic carbocycles. The van der Waals surface area contributed by atoms with Crippen LogP contribution in [0.1, 0.15) is 24.1 Å². The smallest absolute Gasteiger partial charge is 0.0671 e. The van der Waals surface area contributed by atoms with Crippen molar-refractivity contribution >= 4 is 5.57 Å². The van der Waals surface area contributed by atoms with Gasteiger partial charge in [-0.15, -0.1) is 0 Å². The van der Waals surface area contributed by atoms with Crippen LogP contribution in [0, 0.1) is 6.92 Å². The Morgan fingerprint density at radius 3 is 2.87 bits per heavy atom. The van der Waals surface area contributed by atoms with Gasteiger partial charge in [-0.2, -0.15) is 0 Å². The molecule has 0 aliphatic carbocycles. The number of pyridine rings is 1. The molecule has 80 valence electrons. The number of rotatable bonds is 3. The van der Waals surface area contributed by atoms with Gasteiger partial charge in [-0.05, 0) is 56.1 Å². The van der Waals surface area contributed by atoms with Gasteiger partial charge in [0.2, 0.25) is 0 Å². The highest BCUT2D eigenvalue weighted by molar-refractivity contribution is 5.61. The predicted molar refractivity (Wildman–Crippen MR) is 63.7 cm³/mol. The van der Waals surface area contributed by atoms with Crippen LogP contribution in [0.15, 0.2) is 24.9 Å². The van der Waals surface area contributed by atoms with Crippen molar-refractivity contribution in [1.29, 1.82) is 0 Å². The molecule has 0 bridgehead atoms. The summed E-state index contributed by atoms with van der Waals surface area (Å²) in [5, 5.41) is 0. The number of aromatic nitrogens is 1. The molecule has 0 unspecified atom stereocenters. The summed E-state index contributed by atoms with van der Waals surface area (Å²) >= 11 is 0. The fourth-order valence-corrected chi connectivity index (χ4v) is 2.02. The first-order chi connectivity index (χ1) is 7.25. The van der Waals surface area contributed by atoms with Gasteiger partial charge in [0.1, 0.15) is 0 Å². The van der Waals surface area contributed by atoms with Gasteiger partial charge in [0, 0.05) is 12.7 Å². The van der Waals surface area contributed by atoms with Crippen LogP contribution in [0.3, 0.4) is 0 Å². The molecule has 2 heterocycles. The highest BCUT2D eigenvalue weighted by Gasteiger charge is 2.13. The molecule has 2 rings (SSSR count). The Kier molecular flexibility index (Phi) is 3.17. The van der Waals surface area contributed by atoms with Crippen LogP contribution in [-0.2, 0) is 0 Å². The van der Waals surface area contributed by atoms with E-state index in [1.165, 1.54) is 31.5 Å². The predicted octanol–water partition coefficient (Wildman–Crippen LogP) is 2.50. The van der Waals surface area contributed by atoms with E-state index in [2.05, 4.69) is 29.5 Å². The fourth-order valence-electron chi connectivity index (χ4n) is 2.02. The highest BCUT2D eigenvalue weighted by atomic mass is 15.1. The first-order valence-corrected chi connectivity index (χ1v) is 5.59. The average molecular weight is 202 g/mol. The maximum atomic E-state index is 4.36. The fraction of sp³-hybridized carbons (Fsp3) is 0.462. The third-order valence-corrected chi connectivity index (χ3v) is 2.89. The van der Waals surface area contributed by atoms with E-state index in [1.54, 1.807) is 0 Å². The van der Waals surface area contributed by atoms with Crippen molar-refractivity contribution in [3.05, 3.63) is 36.2 Å².